The van der Waals surface area contributed by atoms with Crippen LogP contribution in [0.15, 0.2) is 24.3 Å². The molecule has 3 fully saturated rings. The highest BCUT2D eigenvalue weighted by atomic mass is 16.8. The van der Waals surface area contributed by atoms with Crippen LogP contribution in [-0.4, -0.2) is 42.0 Å². The normalized spacial score (nSPS) is 40.5. The number of hydrogen-bond donors (Lipinski definition) is 2. The molecule has 5 atom stereocenters. The van der Waals surface area contributed by atoms with Gasteiger partial charge >= 0.3 is 0 Å². The molecule has 0 amide bonds. The number of nitrogens with one attached hydrogen (secondary N) is 1. The van der Waals surface area contributed by atoms with Crippen LogP contribution in [0.2, 0.25) is 0 Å². The molecule has 1 aromatic carbocycles. The van der Waals surface area contributed by atoms with Crippen LogP contribution in [0.3, 0.4) is 0 Å². The van der Waals surface area contributed by atoms with Crippen LogP contribution in [0.25, 0.3) is 0 Å². The van der Waals surface area contributed by atoms with Crippen LogP contribution >= 0.6 is 0 Å². The zero-order chi connectivity index (χ0) is 16.1. The smallest absolute Gasteiger partial charge is 0.190 e. The van der Waals surface area contributed by atoms with Gasteiger partial charge in [-0.2, -0.15) is 0 Å². The number of ether oxygens (including phenoxy) is 3. The summed E-state index contributed by atoms with van der Waals surface area (Å²) in [6, 6.07) is 8.40. The SMILES string of the molecule is O[C@@H]1[C@H]2OC3(CCCCC3)O[C@H]2O[C@@H]1C1NCCc2ccccc21. The summed E-state index contributed by atoms with van der Waals surface area (Å²) in [7, 11) is 0. The van der Waals surface area contributed by atoms with Gasteiger partial charge in [-0.3, -0.25) is 0 Å². The predicted octanol–water partition coefficient (Wildman–Crippen LogP) is 2.03. The Hall–Kier alpha value is -0.980. The van der Waals surface area contributed by atoms with Crippen molar-refractivity contribution in [2.45, 2.75) is 75.0 Å². The molecular weight excluding hydrogens is 306 g/mol. The third kappa shape index (κ3) is 2.34. The Kier molecular flexibility index (Phi) is 3.68. The van der Waals surface area contributed by atoms with E-state index in [4.69, 9.17) is 14.2 Å². The van der Waals surface area contributed by atoms with Gasteiger partial charge in [0.15, 0.2) is 12.1 Å². The van der Waals surface area contributed by atoms with E-state index in [-0.39, 0.29) is 18.2 Å². The second kappa shape index (κ2) is 5.78. The third-order valence-corrected chi connectivity index (χ3v) is 6.01. The van der Waals surface area contributed by atoms with E-state index in [1.54, 1.807) is 0 Å². The van der Waals surface area contributed by atoms with Gasteiger partial charge < -0.3 is 24.6 Å². The maximum absolute atomic E-state index is 10.9. The van der Waals surface area contributed by atoms with E-state index in [1.807, 2.05) is 6.07 Å². The molecule has 3 aliphatic heterocycles. The minimum atomic E-state index is -0.667. The van der Waals surface area contributed by atoms with Crippen LogP contribution < -0.4 is 5.32 Å². The molecule has 130 valence electrons. The minimum Gasteiger partial charge on any atom is -0.387 e. The van der Waals surface area contributed by atoms with Crippen molar-refractivity contribution >= 4 is 0 Å². The molecule has 5 rings (SSSR count). The Labute approximate surface area is 142 Å². The first kappa shape index (κ1) is 15.3. The summed E-state index contributed by atoms with van der Waals surface area (Å²) in [5.74, 6) is -0.516. The summed E-state index contributed by atoms with van der Waals surface area (Å²) >= 11 is 0. The van der Waals surface area contributed by atoms with Crippen LogP contribution in [-0.2, 0) is 20.6 Å². The number of rotatable bonds is 1. The van der Waals surface area contributed by atoms with E-state index >= 15 is 0 Å². The number of hydrogen-bond acceptors (Lipinski definition) is 5. The van der Waals surface area contributed by atoms with Crippen LogP contribution in [0.1, 0.15) is 49.3 Å². The van der Waals surface area contributed by atoms with Crippen LogP contribution in [0, 0.1) is 0 Å². The lowest BCUT2D eigenvalue weighted by Gasteiger charge is -2.36. The lowest BCUT2D eigenvalue weighted by atomic mass is 9.89. The standard InChI is InChI=1S/C19H25NO4/c21-15-16(14-13-7-3-2-6-12(13)8-11-20-14)22-18-17(15)23-19(24-18)9-4-1-5-10-19/h2-3,6-7,14-18,20-21H,1,4-5,8-11H2/t14?,15-,16+,17+,18+/m0/s1. The predicted molar refractivity (Wildman–Crippen MR) is 87.3 cm³/mol. The molecule has 2 N–H and O–H groups in total. The van der Waals surface area contributed by atoms with Gasteiger partial charge in [0.2, 0.25) is 0 Å². The van der Waals surface area contributed by atoms with Crippen molar-refractivity contribution in [3.8, 4) is 0 Å². The molecule has 1 spiro atoms. The topological polar surface area (TPSA) is 60.0 Å². The maximum Gasteiger partial charge on any atom is 0.190 e. The van der Waals surface area contributed by atoms with Gasteiger partial charge in [0, 0.05) is 12.8 Å². The average Bonchev–Trinajstić information content (AvgIpc) is 3.10. The molecule has 1 saturated carbocycles. The summed E-state index contributed by atoms with van der Waals surface area (Å²) in [5.41, 5.74) is 2.56. The molecule has 0 aromatic heterocycles. The average molecular weight is 331 g/mol. The van der Waals surface area contributed by atoms with Crippen LogP contribution in [0.4, 0.5) is 0 Å². The summed E-state index contributed by atoms with van der Waals surface area (Å²) in [4.78, 5) is 0. The van der Waals surface area contributed by atoms with Crippen molar-refractivity contribution in [3.05, 3.63) is 35.4 Å². The first-order valence-electron chi connectivity index (χ1n) is 9.26. The number of aliphatic hydroxyl groups excluding tert-OH is 1. The van der Waals surface area contributed by atoms with Crippen molar-refractivity contribution in [3.63, 3.8) is 0 Å². The van der Waals surface area contributed by atoms with Gasteiger partial charge in [-0.25, -0.2) is 0 Å². The van der Waals surface area contributed by atoms with Gasteiger partial charge in [-0.05, 0) is 36.9 Å². The Morgan fingerprint density at radius 1 is 1.04 bits per heavy atom. The largest absolute Gasteiger partial charge is 0.387 e. The number of benzene rings is 1. The highest BCUT2D eigenvalue weighted by Crippen LogP contribution is 2.47. The second-order valence-corrected chi connectivity index (χ2v) is 7.51. The molecule has 0 bridgehead atoms. The summed E-state index contributed by atoms with van der Waals surface area (Å²) in [5, 5.41) is 14.4. The van der Waals surface area contributed by atoms with Gasteiger partial charge in [0.05, 0.1) is 6.04 Å². The van der Waals surface area contributed by atoms with Gasteiger partial charge in [0.25, 0.3) is 0 Å². The van der Waals surface area contributed by atoms with Crippen molar-refractivity contribution in [1.29, 1.82) is 0 Å². The quantitative estimate of drug-likeness (QED) is 0.825. The van der Waals surface area contributed by atoms with Gasteiger partial charge in [-0.15, -0.1) is 0 Å². The van der Waals surface area contributed by atoms with E-state index in [2.05, 4.69) is 23.5 Å². The summed E-state index contributed by atoms with van der Waals surface area (Å²) < 4.78 is 18.5. The molecule has 1 aliphatic carbocycles. The second-order valence-electron chi connectivity index (χ2n) is 7.51. The molecule has 0 radical (unpaired) electrons. The molecule has 3 heterocycles. The summed E-state index contributed by atoms with van der Waals surface area (Å²) in [6.07, 6.45) is 4.49. The van der Waals surface area contributed by atoms with E-state index in [9.17, 15) is 5.11 Å². The Balaban J connectivity index is 1.36. The van der Waals surface area contributed by atoms with Gasteiger partial charge in [0.1, 0.15) is 18.3 Å². The Bertz CT molecular complexity index is 615. The maximum atomic E-state index is 10.9. The molecule has 5 nitrogen and oxygen atoms in total. The highest BCUT2D eigenvalue weighted by Gasteiger charge is 2.59. The fraction of sp³-hybridized carbons (Fsp3) is 0.684. The van der Waals surface area contributed by atoms with Gasteiger partial charge in [-0.1, -0.05) is 30.7 Å². The zero-order valence-electron chi connectivity index (χ0n) is 13.8. The lowest BCUT2D eigenvalue weighted by molar-refractivity contribution is -0.248. The van der Waals surface area contributed by atoms with Crippen molar-refractivity contribution in [2.75, 3.05) is 6.54 Å². The van der Waals surface area contributed by atoms with Crippen LogP contribution in [0.5, 0.6) is 0 Å². The fourth-order valence-corrected chi connectivity index (χ4v) is 4.80. The first-order chi connectivity index (χ1) is 11.8. The number of fused-ring (bicyclic) bond motifs is 2. The molecular formula is C19H25NO4. The lowest BCUT2D eigenvalue weighted by Crippen LogP contribution is -2.45. The van der Waals surface area contributed by atoms with E-state index in [0.29, 0.717) is 0 Å². The first-order valence-corrected chi connectivity index (χ1v) is 9.26. The zero-order valence-corrected chi connectivity index (χ0v) is 13.8. The third-order valence-electron chi connectivity index (χ3n) is 6.01. The van der Waals surface area contributed by atoms with Crippen molar-refractivity contribution < 1.29 is 19.3 Å². The van der Waals surface area contributed by atoms with E-state index in [0.717, 1.165) is 38.6 Å². The minimum absolute atomic E-state index is 0.00921. The molecule has 1 unspecified atom stereocenters. The number of aliphatic hydroxyl groups is 1. The molecule has 1 aromatic rings. The van der Waals surface area contributed by atoms with E-state index < -0.39 is 18.2 Å². The molecule has 2 saturated heterocycles. The Morgan fingerprint density at radius 3 is 2.71 bits per heavy atom. The highest BCUT2D eigenvalue weighted by molar-refractivity contribution is 5.33. The van der Waals surface area contributed by atoms with E-state index in [1.165, 1.54) is 17.5 Å². The Morgan fingerprint density at radius 2 is 1.88 bits per heavy atom. The van der Waals surface area contributed by atoms with Crippen molar-refractivity contribution in [2.24, 2.45) is 0 Å². The molecule has 4 aliphatic rings. The molecule has 24 heavy (non-hydrogen) atoms. The summed E-state index contributed by atoms with van der Waals surface area (Å²) in [6.45, 7) is 0.898. The van der Waals surface area contributed by atoms with Crippen molar-refractivity contribution in [1.82, 2.24) is 5.32 Å². The monoisotopic (exact) mass is 331 g/mol. The molecule has 5 heteroatoms. The fourth-order valence-electron chi connectivity index (χ4n) is 4.80.